The molecule has 1 amide bonds. The number of rotatable bonds is 9. The number of sulfone groups is 1. The fourth-order valence-electron chi connectivity index (χ4n) is 4.03. The van der Waals surface area contributed by atoms with Gasteiger partial charge in [0.15, 0.2) is 15.0 Å². The summed E-state index contributed by atoms with van der Waals surface area (Å²) in [4.78, 5) is 21.7. The van der Waals surface area contributed by atoms with Gasteiger partial charge in [0.1, 0.15) is 27.5 Å². The molecule has 0 aliphatic carbocycles. The second-order valence-electron chi connectivity index (χ2n) is 8.11. The third-order valence-electron chi connectivity index (χ3n) is 6.02. The molecule has 3 aromatic rings. The van der Waals surface area contributed by atoms with E-state index in [9.17, 15) is 13.2 Å². The quantitative estimate of drug-likeness (QED) is 0.425. The number of ether oxygens (including phenoxy) is 3. The van der Waals surface area contributed by atoms with Crippen LogP contribution in [-0.4, -0.2) is 77.5 Å². The summed E-state index contributed by atoms with van der Waals surface area (Å²) in [6, 6.07) is 10.0. The molecule has 0 saturated carbocycles. The van der Waals surface area contributed by atoms with E-state index in [1.54, 1.807) is 42.6 Å². The van der Waals surface area contributed by atoms with Gasteiger partial charge in [-0.15, -0.1) is 0 Å². The van der Waals surface area contributed by atoms with Crippen molar-refractivity contribution >= 4 is 42.4 Å². The highest BCUT2D eigenvalue weighted by atomic mass is 32.2. The highest BCUT2D eigenvalue weighted by Crippen LogP contribution is 2.40. The van der Waals surface area contributed by atoms with Gasteiger partial charge >= 0.3 is 0 Å². The molecule has 0 radical (unpaired) electrons. The van der Waals surface area contributed by atoms with Crippen LogP contribution in [-0.2, 0) is 14.6 Å². The zero-order valence-corrected chi connectivity index (χ0v) is 21.7. The number of carbonyl (C=O) groups excluding carboxylic acids is 1. The number of methoxy groups -OCH3 is 3. The van der Waals surface area contributed by atoms with E-state index in [-0.39, 0.29) is 29.4 Å². The van der Waals surface area contributed by atoms with Crippen LogP contribution >= 0.6 is 11.3 Å². The van der Waals surface area contributed by atoms with Gasteiger partial charge in [-0.3, -0.25) is 4.79 Å². The molecular weight excluding hydrogens is 490 g/mol. The standard InChI is InChI=1S/C24H29N3O6S2/c1-31-17-6-8-18(9-7-17)35(29,30)16-4-5-21(28)26-12-14-27(15-13-26)24-25-22-19(32-2)10-11-20(33-3)23(22)34-24/h6-11H,4-5,12-16H2,1-3H3. The normalized spacial score (nSPS) is 14.3. The number of hydrogen-bond acceptors (Lipinski definition) is 9. The van der Waals surface area contributed by atoms with Gasteiger partial charge in [-0.05, 0) is 42.8 Å². The Bertz CT molecular complexity index is 1240. The Labute approximate surface area is 209 Å². The minimum atomic E-state index is -3.44. The fraction of sp³-hybridized carbons (Fsp3) is 0.417. The van der Waals surface area contributed by atoms with Crippen LogP contribution in [0.25, 0.3) is 10.2 Å². The number of piperazine rings is 1. The van der Waals surface area contributed by atoms with Gasteiger partial charge in [-0.25, -0.2) is 13.4 Å². The van der Waals surface area contributed by atoms with E-state index < -0.39 is 9.84 Å². The summed E-state index contributed by atoms with van der Waals surface area (Å²) in [5.74, 6) is 1.95. The third-order valence-corrected chi connectivity index (χ3v) is 8.97. The van der Waals surface area contributed by atoms with Crippen LogP contribution in [0, 0.1) is 0 Å². The SMILES string of the molecule is COc1ccc(S(=O)(=O)CCCC(=O)N2CCN(c3nc4c(OC)ccc(OC)c4s3)CC2)cc1. The first kappa shape index (κ1) is 25.1. The van der Waals surface area contributed by atoms with Crippen molar-refractivity contribution in [1.29, 1.82) is 0 Å². The monoisotopic (exact) mass is 519 g/mol. The number of fused-ring (bicyclic) bond motifs is 1. The van der Waals surface area contributed by atoms with Crippen molar-refractivity contribution in [2.45, 2.75) is 17.7 Å². The minimum absolute atomic E-state index is 0.0257. The largest absolute Gasteiger partial charge is 0.497 e. The average molecular weight is 520 g/mol. The Morgan fingerprint density at radius 1 is 0.943 bits per heavy atom. The van der Waals surface area contributed by atoms with Crippen LogP contribution in [0.15, 0.2) is 41.3 Å². The van der Waals surface area contributed by atoms with Crippen LogP contribution in [0.5, 0.6) is 17.2 Å². The summed E-state index contributed by atoms with van der Waals surface area (Å²) in [5, 5.41) is 0.862. The van der Waals surface area contributed by atoms with Gasteiger partial charge in [-0.2, -0.15) is 0 Å². The summed E-state index contributed by atoms with van der Waals surface area (Å²) >= 11 is 1.54. The number of hydrogen-bond donors (Lipinski definition) is 0. The zero-order chi connectivity index (χ0) is 25.0. The van der Waals surface area contributed by atoms with Gasteiger partial charge in [-0.1, -0.05) is 11.3 Å². The van der Waals surface area contributed by atoms with E-state index >= 15 is 0 Å². The number of nitrogens with zero attached hydrogens (tertiary/aromatic N) is 3. The average Bonchev–Trinajstić information content (AvgIpc) is 3.34. The maximum Gasteiger partial charge on any atom is 0.222 e. The van der Waals surface area contributed by atoms with E-state index in [1.165, 1.54) is 19.2 Å². The number of anilines is 1. The summed E-state index contributed by atoms with van der Waals surface area (Å²) in [7, 11) is 1.34. The fourth-order valence-corrected chi connectivity index (χ4v) is 6.47. The number of thiazole rings is 1. The van der Waals surface area contributed by atoms with E-state index in [1.807, 2.05) is 12.1 Å². The van der Waals surface area contributed by atoms with Crippen LogP contribution in [0.2, 0.25) is 0 Å². The Hall–Kier alpha value is -3.05. The van der Waals surface area contributed by atoms with Gasteiger partial charge in [0, 0.05) is 32.6 Å². The highest BCUT2D eigenvalue weighted by molar-refractivity contribution is 7.91. The summed E-state index contributed by atoms with van der Waals surface area (Å²) in [6.07, 6.45) is 0.482. The Balaban J connectivity index is 1.31. The van der Waals surface area contributed by atoms with E-state index in [0.717, 1.165) is 21.1 Å². The van der Waals surface area contributed by atoms with E-state index in [0.29, 0.717) is 37.7 Å². The lowest BCUT2D eigenvalue weighted by Gasteiger charge is -2.34. The van der Waals surface area contributed by atoms with Crippen molar-refractivity contribution in [2.75, 3.05) is 58.2 Å². The molecule has 9 nitrogen and oxygen atoms in total. The zero-order valence-electron chi connectivity index (χ0n) is 20.0. The maximum absolute atomic E-state index is 12.7. The molecule has 0 N–H and O–H groups in total. The van der Waals surface area contributed by atoms with Crippen molar-refractivity contribution in [3.05, 3.63) is 36.4 Å². The lowest BCUT2D eigenvalue weighted by Crippen LogP contribution is -2.48. The van der Waals surface area contributed by atoms with Crippen LogP contribution in [0.3, 0.4) is 0 Å². The lowest BCUT2D eigenvalue weighted by molar-refractivity contribution is -0.131. The third kappa shape index (κ3) is 5.46. The molecule has 1 aliphatic rings. The number of amides is 1. The van der Waals surface area contributed by atoms with Gasteiger partial charge in [0.05, 0.1) is 32.0 Å². The number of benzene rings is 2. The first-order chi connectivity index (χ1) is 16.9. The second-order valence-corrected chi connectivity index (χ2v) is 11.2. The summed E-state index contributed by atoms with van der Waals surface area (Å²) in [6.45, 7) is 2.43. The summed E-state index contributed by atoms with van der Waals surface area (Å²) in [5.41, 5.74) is 0.767. The molecule has 0 atom stereocenters. The van der Waals surface area contributed by atoms with Crippen molar-refractivity contribution in [3.63, 3.8) is 0 Å². The van der Waals surface area contributed by atoms with Crippen LogP contribution in [0.1, 0.15) is 12.8 Å². The molecule has 1 fully saturated rings. The summed E-state index contributed by atoms with van der Waals surface area (Å²) < 4.78 is 42.0. The molecule has 2 aromatic carbocycles. The van der Waals surface area contributed by atoms with Gasteiger partial charge in [0.2, 0.25) is 5.91 Å². The maximum atomic E-state index is 12.7. The predicted octanol–water partition coefficient (Wildman–Crippen LogP) is 3.22. The minimum Gasteiger partial charge on any atom is -0.497 e. The van der Waals surface area contributed by atoms with Crippen molar-refractivity contribution in [3.8, 4) is 17.2 Å². The number of carbonyl (C=O) groups is 1. The Kier molecular flexibility index (Phi) is 7.66. The van der Waals surface area contributed by atoms with E-state index in [2.05, 4.69) is 4.90 Å². The molecule has 1 saturated heterocycles. The first-order valence-corrected chi connectivity index (χ1v) is 13.7. The van der Waals surface area contributed by atoms with Gasteiger partial charge in [0.25, 0.3) is 0 Å². The molecule has 1 aliphatic heterocycles. The van der Waals surface area contributed by atoms with Crippen LogP contribution in [0.4, 0.5) is 5.13 Å². The molecule has 11 heteroatoms. The van der Waals surface area contributed by atoms with Crippen molar-refractivity contribution in [2.24, 2.45) is 0 Å². The van der Waals surface area contributed by atoms with Crippen LogP contribution < -0.4 is 19.1 Å². The molecule has 2 heterocycles. The molecule has 35 heavy (non-hydrogen) atoms. The molecule has 0 spiro atoms. The first-order valence-electron chi connectivity index (χ1n) is 11.3. The predicted molar refractivity (Wildman–Crippen MR) is 136 cm³/mol. The lowest BCUT2D eigenvalue weighted by atomic mass is 10.2. The molecule has 0 unspecified atom stereocenters. The van der Waals surface area contributed by atoms with Gasteiger partial charge < -0.3 is 24.0 Å². The highest BCUT2D eigenvalue weighted by Gasteiger charge is 2.25. The smallest absolute Gasteiger partial charge is 0.222 e. The molecule has 4 rings (SSSR count). The van der Waals surface area contributed by atoms with E-state index in [4.69, 9.17) is 19.2 Å². The topological polar surface area (TPSA) is 98.3 Å². The second kappa shape index (κ2) is 10.7. The molecular formula is C24H29N3O6S2. The Morgan fingerprint density at radius 3 is 2.23 bits per heavy atom. The van der Waals surface area contributed by atoms with Crippen molar-refractivity contribution in [1.82, 2.24) is 9.88 Å². The van der Waals surface area contributed by atoms with Crippen molar-refractivity contribution < 1.29 is 27.4 Å². The molecule has 1 aromatic heterocycles. The number of aromatic nitrogens is 1. The Morgan fingerprint density at radius 2 is 1.60 bits per heavy atom. The molecule has 0 bridgehead atoms. The molecule has 188 valence electrons.